The standard InChI is InChI=1S/2C11H11NO4S.C11H10NO4S.C6H6.Co/c3*1-7(13)11(8(2)14)17-10-6-4-3-5-9(10)12(15)16;1-2-4-6-5-3-1;/h2*3-6,11H,1-2H3;3-6H,1-2H3;1-6H;/q;;-1;;+3. The van der Waals surface area contributed by atoms with Gasteiger partial charge in [0.2, 0.25) is 0 Å². The molecule has 0 aromatic heterocycles. The Bertz CT molecular complexity index is 1810. The van der Waals surface area contributed by atoms with Gasteiger partial charge in [-0.15, -0.1) is 0 Å². The molecule has 19 heteroatoms. The van der Waals surface area contributed by atoms with Crippen molar-refractivity contribution in [3.05, 3.63) is 145 Å². The second kappa shape index (κ2) is 27.2. The Hall–Kier alpha value is -5.47. The number of hydrogen-bond donors (Lipinski definition) is 0. The normalized spacial score (nSPS) is 9.72. The summed E-state index contributed by atoms with van der Waals surface area (Å²) >= 11 is 2.67. The van der Waals surface area contributed by atoms with Gasteiger partial charge < -0.3 is 9.59 Å². The number of rotatable bonds is 15. The first-order chi connectivity index (χ1) is 26.8. The van der Waals surface area contributed by atoms with Crippen LogP contribution in [0.25, 0.3) is 0 Å². The third-order valence-corrected chi connectivity index (χ3v) is 11.0. The number of nitro benzene ring substituents is 3. The zero-order valence-corrected chi connectivity index (χ0v) is 35.3. The SMILES string of the molecule is CC(=O)C(Sc1ccccc1[N+](=O)[O-])C(C)=O.CC(=O)C(Sc1ccccc1[N+](=O)[O-])C(C)=O.CC(=O)[C-](Sc1ccccc1[N+](=O)[O-])C(C)=O.[Co+3].c1ccccc1. The monoisotopic (exact) mass is 895 g/mol. The maximum absolute atomic E-state index is 11.3. The Morgan fingerprint density at radius 1 is 0.448 bits per heavy atom. The van der Waals surface area contributed by atoms with Crippen LogP contribution in [0.2, 0.25) is 0 Å². The van der Waals surface area contributed by atoms with E-state index in [1.165, 1.54) is 84.0 Å². The molecule has 306 valence electrons. The van der Waals surface area contributed by atoms with Crippen LogP contribution in [0.5, 0.6) is 0 Å². The molecule has 15 nitrogen and oxygen atoms in total. The van der Waals surface area contributed by atoms with Crippen molar-refractivity contribution in [3.8, 4) is 0 Å². The number of Topliss-reactive ketones (excluding diaryl/α,β-unsaturated/α-hetero) is 6. The van der Waals surface area contributed by atoms with Crippen molar-refractivity contribution in [2.45, 2.75) is 66.7 Å². The Morgan fingerprint density at radius 3 is 0.931 bits per heavy atom. The van der Waals surface area contributed by atoms with Crippen LogP contribution in [-0.4, -0.2) is 60.0 Å². The van der Waals surface area contributed by atoms with Crippen molar-refractivity contribution in [2.24, 2.45) is 0 Å². The van der Waals surface area contributed by atoms with Gasteiger partial charge in [-0.1, -0.05) is 96.3 Å². The van der Waals surface area contributed by atoms with Gasteiger partial charge in [0, 0.05) is 29.8 Å². The fourth-order valence-corrected chi connectivity index (χ4v) is 7.07. The molecule has 0 N–H and O–H groups in total. The summed E-state index contributed by atoms with van der Waals surface area (Å²) in [6.45, 7) is 7.72. The molecule has 4 aromatic rings. The molecule has 0 heterocycles. The second-order valence-corrected chi connectivity index (χ2v) is 14.7. The first kappa shape index (κ1) is 52.5. The van der Waals surface area contributed by atoms with Gasteiger partial charge in [0.05, 0.1) is 29.5 Å². The molecule has 0 atom stereocenters. The average Bonchev–Trinajstić information content (AvgIpc) is 3.16. The Kier molecular flexibility index (Phi) is 24.6. The number of ketones is 6. The summed E-state index contributed by atoms with van der Waals surface area (Å²) in [4.78, 5) is 99.1. The fourth-order valence-electron chi connectivity index (χ4n) is 4.15. The van der Waals surface area contributed by atoms with Gasteiger partial charge in [-0.2, -0.15) is 5.25 Å². The molecular formula is C39H38CoN3O12S3+2. The van der Waals surface area contributed by atoms with Gasteiger partial charge in [-0.05, 0) is 59.7 Å². The van der Waals surface area contributed by atoms with Crippen LogP contribution in [0.3, 0.4) is 0 Å². The summed E-state index contributed by atoms with van der Waals surface area (Å²) in [6, 6.07) is 30.1. The van der Waals surface area contributed by atoms with Crippen molar-refractivity contribution in [1.82, 2.24) is 0 Å². The zero-order valence-electron chi connectivity index (χ0n) is 31.8. The van der Waals surface area contributed by atoms with E-state index in [1.807, 2.05) is 36.4 Å². The van der Waals surface area contributed by atoms with E-state index in [0.29, 0.717) is 9.79 Å². The maximum Gasteiger partial charge on any atom is 3.00 e. The number of nitrogens with zero attached hydrogens (tertiary/aromatic N) is 3. The fraction of sp³-hybridized carbons (Fsp3) is 0.205. The summed E-state index contributed by atoms with van der Waals surface area (Å²) in [5.41, 5.74) is -0.299. The van der Waals surface area contributed by atoms with E-state index < -0.39 is 25.3 Å². The molecule has 0 saturated carbocycles. The Balaban J connectivity index is 0.000000775. The largest absolute Gasteiger partial charge is 3.00 e. The molecule has 0 spiro atoms. The number of thioether (sulfide) groups is 3. The predicted molar refractivity (Wildman–Crippen MR) is 218 cm³/mol. The minimum Gasteiger partial charge on any atom is -0.333 e. The molecule has 58 heavy (non-hydrogen) atoms. The van der Waals surface area contributed by atoms with E-state index in [4.69, 9.17) is 0 Å². The van der Waals surface area contributed by atoms with Crippen LogP contribution in [0.1, 0.15) is 41.5 Å². The van der Waals surface area contributed by atoms with E-state index >= 15 is 0 Å². The first-order valence-corrected chi connectivity index (χ1v) is 19.0. The second-order valence-electron chi connectivity index (χ2n) is 11.3. The van der Waals surface area contributed by atoms with Crippen LogP contribution in [-0.2, 0) is 45.5 Å². The topological polar surface area (TPSA) is 232 Å². The summed E-state index contributed by atoms with van der Waals surface area (Å²) in [5.74, 6) is -2.00. The minimum absolute atomic E-state index is 0. The van der Waals surface area contributed by atoms with Gasteiger partial charge >= 0.3 is 16.8 Å². The van der Waals surface area contributed by atoms with Crippen molar-refractivity contribution in [2.75, 3.05) is 0 Å². The van der Waals surface area contributed by atoms with E-state index in [2.05, 4.69) is 0 Å². The summed E-state index contributed by atoms with van der Waals surface area (Å²) in [5, 5.41) is 30.5. The zero-order chi connectivity index (χ0) is 43.2. The number of carbonyl (C=O) groups is 6. The van der Waals surface area contributed by atoms with Gasteiger partial charge in [0.25, 0.3) is 17.1 Å². The van der Waals surface area contributed by atoms with Crippen molar-refractivity contribution >= 4 is 87.0 Å². The molecule has 0 aliphatic rings. The Morgan fingerprint density at radius 2 is 0.690 bits per heavy atom. The van der Waals surface area contributed by atoms with Crippen molar-refractivity contribution in [3.63, 3.8) is 0 Å². The van der Waals surface area contributed by atoms with Gasteiger partial charge in [0.15, 0.2) is 23.1 Å². The minimum atomic E-state index is -0.879. The van der Waals surface area contributed by atoms with Crippen LogP contribution in [0.4, 0.5) is 17.1 Å². The number of hydrogen-bond acceptors (Lipinski definition) is 15. The molecule has 4 rings (SSSR count). The molecule has 0 aliphatic carbocycles. The van der Waals surface area contributed by atoms with Gasteiger partial charge in [-0.3, -0.25) is 61.3 Å². The van der Waals surface area contributed by atoms with Crippen LogP contribution in [0, 0.1) is 35.6 Å². The predicted octanol–water partition coefficient (Wildman–Crippen LogP) is 8.55. The summed E-state index contributed by atoms with van der Waals surface area (Å²) in [7, 11) is 0. The molecule has 0 amide bonds. The summed E-state index contributed by atoms with van der Waals surface area (Å²) < 4.78 is 0. The average molecular weight is 896 g/mol. The Labute approximate surface area is 357 Å². The number of benzene rings is 4. The number of carbonyl (C=O) groups excluding carboxylic acids is 6. The number of para-hydroxylation sites is 3. The summed E-state index contributed by atoms with van der Waals surface area (Å²) in [6.07, 6.45) is 0. The molecule has 0 bridgehead atoms. The molecule has 0 unspecified atom stereocenters. The maximum atomic E-state index is 11.3. The molecule has 0 saturated heterocycles. The molecule has 4 aromatic carbocycles. The quantitative estimate of drug-likeness (QED) is 0.0358. The van der Waals surface area contributed by atoms with Gasteiger partial charge in [0.1, 0.15) is 10.5 Å². The molecular weight excluding hydrogens is 858 g/mol. The third-order valence-electron chi connectivity index (χ3n) is 6.67. The van der Waals surface area contributed by atoms with Gasteiger partial charge in [-0.25, -0.2) is 0 Å². The van der Waals surface area contributed by atoms with Crippen molar-refractivity contribution in [1.29, 1.82) is 0 Å². The van der Waals surface area contributed by atoms with E-state index in [9.17, 15) is 59.1 Å². The molecule has 0 radical (unpaired) electrons. The third kappa shape index (κ3) is 18.6. The van der Waals surface area contributed by atoms with Crippen molar-refractivity contribution < 1.29 is 60.3 Å². The molecule has 0 fully saturated rings. The van der Waals surface area contributed by atoms with Crippen LogP contribution in [0.15, 0.2) is 124 Å². The van der Waals surface area contributed by atoms with Crippen LogP contribution < -0.4 is 0 Å². The number of nitro groups is 3. The van der Waals surface area contributed by atoms with E-state index in [0.717, 1.165) is 35.3 Å². The molecule has 0 aliphatic heterocycles. The van der Waals surface area contributed by atoms with E-state index in [-0.39, 0.29) is 78.7 Å². The first-order valence-electron chi connectivity index (χ1n) is 16.4. The van der Waals surface area contributed by atoms with E-state index in [1.54, 1.807) is 30.3 Å². The van der Waals surface area contributed by atoms with Crippen LogP contribution >= 0.6 is 35.3 Å². The smallest absolute Gasteiger partial charge is 0.333 e.